The number of carbonyl (C=O) groups is 1. The van der Waals surface area contributed by atoms with Crippen LogP contribution in [0.2, 0.25) is 0 Å². The van der Waals surface area contributed by atoms with Gasteiger partial charge >= 0.3 is 0 Å². The fraction of sp³-hybridized carbons (Fsp3) is 0.0435. The number of carbonyl (C=O) groups excluding carboxylic acids is 1. The maximum atomic E-state index is 12.7. The van der Waals surface area contributed by atoms with E-state index < -0.39 is 0 Å². The third kappa shape index (κ3) is 3.96. The average Bonchev–Trinajstić information content (AvgIpc) is 2.72. The summed E-state index contributed by atoms with van der Waals surface area (Å²) >= 11 is 0. The number of nitrogens with zero attached hydrogens (tertiary/aromatic N) is 1. The van der Waals surface area contributed by atoms with Gasteiger partial charge in [0.25, 0.3) is 5.91 Å². The van der Waals surface area contributed by atoms with Crippen LogP contribution >= 0.6 is 0 Å². The lowest BCUT2D eigenvalue weighted by Crippen LogP contribution is -2.23. The highest BCUT2D eigenvalue weighted by atomic mass is 16.5. The van der Waals surface area contributed by atoms with E-state index in [0.29, 0.717) is 23.7 Å². The maximum Gasteiger partial charge on any atom is 0.252 e. The molecule has 0 unspecified atom stereocenters. The number of hydrogen-bond donors (Lipinski definition) is 1. The summed E-state index contributed by atoms with van der Waals surface area (Å²) in [4.78, 5) is 16.8. The minimum absolute atomic E-state index is 0.0946. The van der Waals surface area contributed by atoms with Crippen LogP contribution in [0.5, 0.6) is 11.6 Å². The molecule has 4 rings (SSSR count). The molecule has 0 spiro atoms. The van der Waals surface area contributed by atoms with Crippen molar-refractivity contribution >= 4 is 16.7 Å². The molecule has 4 heteroatoms. The largest absolute Gasteiger partial charge is 0.439 e. The molecule has 132 valence electrons. The molecule has 1 N–H and O–H groups in total. The second-order valence-corrected chi connectivity index (χ2v) is 6.13. The van der Waals surface area contributed by atoms with Gasteiger partial charge in [-0.25, -0.2) is 4.98 Å². The quantitative estimate of drug-likeness (QED) is 0.551. The van der Waals surface area contributed by atoms with Crippen LogP contribution in [0.4, 0.5) is 0 Å². The molecule has 0 aliphatic heterocycles. The summed E-state index contributed by atoms with van der Waals surface area (Å²) < 4.78 is 5.74. The van der Waals surface area contributed by atoms with Crippen molar-refractivity contribution in [3.8, 4) is 11.6 Å². The van der Waals surface area contributed by atoms with Gasteiger partial charge in [-0.1, -0.05) is 54.6 Å². The number of aromatic nitrogens is 1. The third-order valence-corrected chi connectivity index (χ3v) is 4.25. The van der Waals surface area contributed by atoms with Crippen molar-refractivity contribution in [1.29, 1.82) is 0 Å². The normalized spacial score (nSPS) is 10.5. The lowest BCUT2D eigenvalue weighted by Gasteiger charge is -2.10. The van der Waals surface area contributed by atoms with Crippen molar-refractivity contribution in [2.45, 2.75) is 6.54 Å². The van der Waals surface area contributed by atoms with E-state index in [1.807, 2.05) is 78.9 Å². The van der Waals surface area contributed by atoms with E-state index in [1.54, 1.807) is 12.3 Å². The van der Waals surface area contributed by atoms with E-state index >= 15 is 0 Å². The molecule has 27 heavy (non-hydrogen) atoms. The van der Waals surface area contributed by atoms with Crippen LogP contribution in [0.1, 0.15) is 15.9 Å². The van der Waals surface area contributed by atoms with Crippen LogP contribution < -0.4 is 10.1 Å². The lowest BCUT2D eigenvalue weighted by atomic mass is 10.0. The van der Waals surface area contributed by atoms with Crippen molar-refractivity contribution < 1.29 is 9.53 Å². The number of amides is 1. The number of rotatable bonds is 5. The minimum Gasteiger partial charge on any atom is -0.439 e. The number of fused-ring (bicyclic) bond motifs is 1. The molecule has 3 aromatic carbocycles. The van der Waals surface area contributed by atoms with Gasteiger partial charge in [0.05, 0.1) is 0 Å². The summed E-state index contributed by atoms with van der Waals surface area (Å²) in [7, 11) is 0. The van der Waals surface area contributed by atoms with Gasteiger partial charge in [0, 0.05) is 24.4 Å². The van der Waals surface area contributed by atoms with Gasteiger partial charge in [-0.2, -0.15) is 0 Å². The van der Waals surface area contributed by atoms with Gasteiger partial charge < -0.3 is 10.1 Å². The molecule has 0 bridgehead atoms. The molecule has 0 radical (unpaired) electrons. The summed E-state index contributed by atoms with van der Waals surface area (Å²) in [5.41, 5.74) is 1.63. The zero-order valence-corrected chi connectivity index (χ0v) is 14.6. The Balaban J connectivity index is 1.47. The van der Waals surface area contributed by atoms with Crippen molar-refractivity contribution in [1.82, 2.24) is 10.3 Å². The van der Waals surface area contributed by atoms with E-state index in [0.717, 1.165) is 16.3 Å². The highest BCUT2D eigenvalue weighted by molar-refractivity contribution is 6.06. The Kier molecular flexibility index (Phi) is 4.79. The summed E-state index contributed by atoms with van der Waals surface area (Å²) in [5.74, 6) is 1.13. The molecule has 1 heterocycles. The Bertz CT molecular complexity index is 1070. The zero-order valence-electron chi connectivity index (χ0n) is 14.6. The number of hydrogen-bond acceptors (Lipinski definition) is 3. The minimum atomic E-state index is -0.0946. The second kappa shape index (κ2) is 7.70. The molecule has 1 amide bonds. The summed E-state index contributed by atoms with van der Waals surface area (Å²) in [5, 5.41) is 4.99. The van der Waals surface area contributed by atoms with Crippen molar-refractivity contribution in [2.75, 3.05) is 0 Å². The highest BCUT2D eigenvalue weighted by Gasteiger charge is 2.09. The van der Waals surface area contributed by atoms with Gasteiger partial charge in [-0.15, -0.1) is 0 Å². The molecule has 4 nitrogen and oxygen atoms in total. The first-order chi connectivity index (χ1) is 13.3. The molecular formula is C23H18N2O2. The molecule has 4 aromatic rings. The van der Waals surface area contributed by atoms with E-state index in [9.17, 15) is 4.79 Å². The van der Waals surface area contributed by atoms with E-state index in [-0.39, 0.29) is 5.91 Å². The van der Waals surface area contributed by atoms with Crippen molar-refractivity contribution in [2.24, 2.45) is 0 Å². The molecule has 1 aromatic heterocycles. The molecular weight excluding hydrogens is 336 g/mol. The van der Waals surface area contributed by atoms with Gasteiger partial charge in [0.2, 0.25) is 5.88 Å². The molecule has 0 fully saturated rings. The van der Waals surface area contributed by atoms with Crippen LogP contribution in [0.15, 0.2) is 91.1 Å². The van der Waals surface area contributed by atoms with Gasteiger partial charge in [0.1, 0.15) is 5.75 Å². The lowest BCUT2D eigenvalue weighted by molar-refractivity contribution is 0.0952. The van der Waals surface area contributed by atoms with E-state index in [1.165, 1.54) is 0 Å². The van der Waals surface area contributed by atoms with Gasteiger partial charge in [0.15, 0.2) is 0 Å². The Hall–Kier alpha value is -3.66. The van der Waals surface area contributed by atoms with Crippen molar-refractivity contribution in [3.63, 3.8) is 0 Å². The first-order valence-electron chi connectivity index (χ1n) is 8.73. The maximum absolute atomic E-state index is 12.7. The van der Waals surface area contributed by atoms with E-state index in [4.69, 9.17) is 4.74 Å². The average molecular weight is 354 g/mol. The molecule has 0 atom stereocenters. The van der Waals surface area contributed by atoms with Crippen LogP contribution in [-0.2, 0) is 6.54 Å². The standard InChI is InChI=1S/C23H18N2O2/c26-23(21-12-6-9-18-8-1-2-11-20(18)21)25-16-17-7-5-10-19(15-17)27-22-13-3-4-14-24-22/h1-15H,16H2,(H,25,26). The Morgan fingerprint density at radius 3 is 2.59 bits per heavy atom. The monoisotopic (exact) mass is 354 g/mol. The van der Waals surface area contributed by atoms with Crippen LogP contribution in [0.3, 0.4) is 0 Å². The van der Waals surface area contributed by atoms with Gasteiger partial charge in [-0.3, -0.25) is 4.79 Å². The van der Waals surface area contributed by atoms with Crippen LogP contribution in [0, 0.1) is 0 Å². The van der Waals surface area contributed by atoms with Crippen molar-refractivity contribution in [3.05, 3.63) is 102 Å². The number of nitrogens with one attached hydrogen (secondary N) is 1. The highest BCUT2D eigenvalue weighted by Crippen LogP contribution is 2.21. The SMILES string of the molecule is O=C(NCc1cccc(Oc2ccccn2)c1)c1cccc2ccccc12. The first kappa shape index (κ1) is 16.8. The first-order valence-corrected chi connectivity index (χ1v) is 8.73. The fourth-order valence-corrected chi connectivity index (χ4v) is 2.95. The molecule has 0 aliphatic carbocycles. The number of benzene rings is 3. The predicted molar refractivity (Wildman–Crippen MR) is 106 cm³/mol. The third-order valence-electron chi connectivity index (χ3n) is 4.25. The summed E-state index contributed by atoms with van der Waals surface area (Å²) in [6.07, 6.45) is 1.68. The number of pyridine rings is 1. The molecule has 0 aliphatic rings. The van der Waals surface area contributed by atoms with Crippen LogP contribution in [-0.4, -0.2) is 10.9 Å². The number of ether oxygens (including phenoxy) is 1. The fourth-order valence-electron chi connectivity index (χ4n) is 2.95. The zero-order chi connectivity index (χ0) is 18.5. The topological polar surface area (TPSA) is 51.2 Å². The van der Waals surface area contributed by atoms with E-state index in [2.05, 4.69) is 10.3 Å². The molecule has 0 saturated carbocycles. The van der Waals surface area contributed by atoms with Gasteiger partial charge in [-0.05, 0) is 40.6 Å². The Morgan fingerprint density at radius 1 is 0.889 bits per heavy atom. The summed E-state index contributed by atoms with van der Waals surface area (Å²) in [6, 6.07) is 26.8. The Labute approximate surface area is 157 Å². The van der Waals surface area contributed by atoms with Crippen LogP contribution in [0.25, 0.3) is 10.8 Å². The smallest absolute Gasteiger partial charge is 0.252 e. The predicted octanol–water partition coefficient (Wildman–Crippen LogP) is 4.96. The molecule has 0 saturated heterocycles. The second-order valence-electron chi connectivity index (χ2n) is 6.13. The Morgan fingerprint density at radius 2 is 1.70 bits per heavy atom. The summed E-state index contributed by atoms with van der Waals surface area (Å²) in [6.45, 7) is 0.418.